The fraction of sp³-hybridized carbons (Fsp3) is 0.480. The van der Waals surface area contributed by atoms with Crippen LogP contribution in [0.3, 0.4) is 0 Å². The van der Waals surface area contributed by atoms with Gasteiger partial charge in [-0.3, -0.25) is 4.79 Å². The lowest BCUT2D eigenvalue weighted by Crippen LogP contribution is -2.42. The number of carbonyl (C=O) groups excluding carboxylic acids is 2. The average molecular weight is 489 g/mol. The fourth-order valence-electron chi connectivity index (χ4n) is 4.21. The molecule has 1 N–H and O–H groups in total. The highest BCUT2D eigenvalue weighted by molar-refractivity contribution is 5.89. The molecule has 1 aromatic carbocycles. The third kappa shape index (κ3) is 6.54. The summed E-state index contributed by atoms with van der Waals surface area (Å²) in [7, 11) is 4.51. The highest BCUT2D eigenvalue weighted by atomic mass is 16.7. The molecule has 3 atom stereocenters. The molecule has 1 aliphatic carbocycles. The first-order valence-electron chi connectivity index (χ1n) is 11.4. The molecule has 0 amide bonds. The molecule has 0 unspecified atom stereocenters. The van der Waals surface area contributed by atoms with Gasteiger partial charge in [0.1, 0.15) is 6.10 Å². The van der Waals surface area contributed by atoms with Crippen molar-refractivity contribution in [1.29, 1.82) is 0 Å². The molecule has 1 aliphatic rings. The van der Waals surface area contributed by atoms with E-state index in [1.54, 1.807) is 7.11 Å². The molecule has 0 bridgehead atoms. The van der Waals surface area contributed by atoms with Crippen molar-refractivity contribution in [3.8, 4) is 23.1 Å². The number of nitrogens with one attached hydrogen (secondary N) is 1. The van der Waals surface area contributed by atoms with Crippen LogP contribution >= 0.6 is 0 Å². The fourth-order valence-corrected chi connectivity index (χ4v) is 4.21. The summed E-state index contributed by atoms with van der Waals surface area (Å²) in [5.74, 6) is 0.791. The average Bonchev–Trinajstić information content (AvgIpc) is 2.87. The molecule has 3 rings (SSSR count). The molecule has 1 heterocycles. The van der Waals surface area contributed by atoms with Gasteiger partial charge < -0.3 is 28.5 Å². The van der Waals surface area contributed by atoms with Crippen molar-refractivity contribution in [1.82, 2.24) is 10.5 Å². The summed E-state index contributed by atoms with van der Waals surface area (Å²) >= 11 is 0. The quantitative estimate of drug-likeness (QED) is 0.394. The van der Waals surface area contributed by atoms with E-state index in [1.807, 2.05) is 25.1 Å². The summed E-state index contributed by atoms with van der Waals surface area (Å²) in [6, 6.07) is 6.98. The molecule has 0 saturated heterocycles. The Morgan fingerprint density at radius 2 is 1.80 bits per heavy atom. The first-order valence-corrected chi connectivity index (χ1v) is 11.4. The van der Waals surface area contributed by atoms with Gasteiger partial charge in [-0.2, -0.15) is 0 Å². The lowest BCUT2D eigenvalue weighted by molar-refractivity contribution is -0.148. The number of methoxy groups -OCH3 is 3. The van der Waals surface area contributed by atoms with Crippen molar-refractivity contribution < 1.29 is 38.1 Å². The maximum Gasteiger partial charge on any atom is 0.358 e. The zero-order chi connectivity index (χ0) is 25.4. The number of hydrogen-bond donors (Lipinski definition) is 1. The second kappa shape index (κ2) is 12.3. The number of benzene rings is 1. The van der Waals surface area contributed by atoms with E-state index in [1.165, 1.54) is 33.4 Å². The summed E-state index contributed by atoms with van der Waals surface area (Å²) in [6.45, 7) is 3.79. The predicted molar refractivity (Wildman–Crippen MR) is 126 cm³/mol. The Bertz CT molecular complexity index is 1030. The molecule has 190 valence electrons. The summed E-state index contributed by atoms with van der Waals surface area (Å²) in [6.07, 6.45) is 2.94. The Balaban J connectivity index is 1.79. The molecule has 35 heavy (non-hydrogen) atoms. The van der Waals surface area contributed by atoms with Crippen molar-refractivity contribution in [3.63, 3.8) is 0 Å². The van der Waals surface area contributed by atoms with E-state index < -0.39 is 5.97 Å². The number of hydroxylamine groups is 1. The minimum absolute atomic E-state index is 0.116. The van der Waals surface area contributed by atoms with Crippen LogP contribution in [0.1, 0.15) is 54.9 Å². The van der Waals surface area contributed by atoms with Crippen LogP contribution in [-0.4, -0.2) is 57.0 Å². The van der Waals surface area contributed by atoms with Crippen molar-refractivity contribution in [2.45, 2.75) is 51.2 Å². The van der Waals surface area contributed by atoms with E-state index >= 15 is 0 Å². The van der Waals surface area contributed by atoms with Gasteiger partial charge in [0.2, 0.25) is 0 Å². The Hall–Kier alpha value is -3.53. The van der Waals surface area contributed by atoms with Crippen molar-refractivity contribution in [2.75, 3.05) is 27.9 Å². The third-order valence-electron chi connectivity index (χ3n) is 5.82. The Morgan fingerprint density at radius 1 is 1.03 bits per heavy atom. The van der Waals surface area contributed by atoms with Crippen molar-refractivity contribution in [3.05, 3.63) is 41.6 Å². The lowest BCUT2D eigenvalue weighted by atomic mass is 9.79. The van der Waals surface area contributed by atoms with E-state index in [2.05, 4.69) is 10.5 Å². The monoisotopic (exact) mass is 488 g/mol. The van der Waals surface area contributed by atoms with Crippen LogP contribution in [-0.2, 0) is 14.4 Å². The second-order valence-electron chi connectivity index (χ2n) is 8.04. The molecule has 0 spiro atoms. The first kappa shape index (κ1) is 26.1. The number of carbonyl (C=O) groups is 2. The number of nitrogens with zero attached hydrogens (tertiary/aromatic N) is 1. The van der Waals surface area contributed by atoms with Gasteiger partial charge in [-0.1, -0.05) is 6.07 Å². The number of ether oxygens (including phenoxy) is 5. The number of pyridine rings is 1. The summed E-state index contributed by atoms with van der Waals surface area (Å²) in [5, 5.41) is 0. The molecule has 0 radical (unpaired) electrons. The van der Waals surface area contributed by atoms with Gasteiger partial charge in [0.05, 0.1) is 39.5 Å². The van der Waals surface area contributed by atoms with Gasteiger partial charge >= 0.3 is 11.9 Å². The molecule has 2 aromatic rings. The van der Waals surface area contributed by atoms with Crippen molar-refractivity contribution >= 4 is 11.9 Å². The van der Waals surface area contributed by atoms with E-state index in [0.717, 1.165) is 5.56 Å². The summed E-state index contributed by atoms with van der Waals surface area (Å²) in [5.41, 5.74) is 4.09. The van der Waals surface area contributed by atoms with Gasteiger partial charge in [-0.15, -0.1) is 5.48 Å². The molecule has 1 fully saturated rings. The smallest absolute Gasteiger partial charge is 0.358 e. The molecule has 10 nitrogen and oxygen atoms in total. The Morgan fingerprint density at radius 3 is 2.46 bits per heavy atom. The summed E-state index contributed by atoms with van der Waals surface area (Å²) < 4.78 is 27.0. The molecule has 1 saturated carbocycles. The third-order valence-corrected chi connectivity index (χ3v) is 5.82. The standard InChI is InChI=1S/C25H32N2O8/c1-6-33-22-11-16(7-10-21(22)30-3)19-13-18(34-15(2)28)8-9-20(19)27-35-25(29)17-12-23(31-4)24(32-5)26-14-17/h7,10-12,14,18-20,27H,6,8-9,13H2,1-5H3/t18-,19-,20-/m1/s1. The maximum atomic E-state index is 12.7. The van der Waals surface area contributed by atoms with Gasteiger partial charge in [0.15, 0.2) is 17.2 Å². The SMILES string of the molecule is CCOc1cc([C@H]2C[C@H](OC(C)=O)CC[C@H]2NOC(=O)c2cnc(OC)c(OC)c2)ccc1OC. The Kier molecular flexibility index (Phi) is 9.13. The normalized spacial score (nSPS) is 19.4. The predicted octanol–water partition coefficient (Wildman–Crippen LogP) is 3.44. The summed E-state index contributed by atoms with van der Waals surface area (Å²) in [4.78, 5) is 33.8. The maximum absolute atomic E-state index is 12.7. The molecule has 10 heteroatoms. The van der Waals surface area contributed by atoms with Crippen molar-refractivity contribution in [2.24, 2.45) is 0 Å². The Labute approximate surface area is 204 Å². The number of esters is 1. The van der Waals surface area contributed by atoms with Gasteiger partial charge in [-0.25, -0.2) is 9.78 Å². The van der Waals surface area contributed by atoms with Crippen LogP contribution in [0.25, 0.3) is 0 Å². The van der Waals surface area contributed by atoms with Crippen LogP contribution in [0.5, 0.6) is 23.1 Å². The molecule has 0 aliphatic heterocycles. The zero-order valence-electron chi connectivity index (χ0n) is 20.7. The van der Waals surface area contributed by atoms with E-state index in [0.29, 0.717) is 43.1 Å². The van der Waals surface area contributed by atoms with Gasteiger partial charge in [-0.05, 0) is 43.9 Å². The van der Waals surface area contributed by atoms with E-state index in [9.17, 15) is 9.59 Å². The lowest BCUT2D eigenvalue weighted by Gasteiger charge is -2.36. The molecular formula is C25H32N2O8. The van der Waals surface area contributed by atoms with Crippen LogP contribution in [0.4, 0.5) is 0 Å². The van der Waals surface area contributed by atoms with Crippen LogP contribution in [0.2, 0.25) is 0 Å². The molecular weight excluding hydrogens is 456 g/mol. The largest absolute Gasteiger partial charge is 0.493 e. The number of aromatic nitrogens is 1. The number of hydrogen-bond acceptors (Lipinski definition) is 10. The second-order valence-corrected chi connectivity index (χ2v) is 8.04. The van der Waals surface area contributed by atoms with Crippen LogP contribution in [0.15, 0.2) is 30.5 Å². The topological polar surface area (TPSA) is 114 Å². The van der Waals surface area contributed by atoms with E-state index in [4.69, 9.17) is 28.5 Å². The first-order chi connectivity index (χ1) is 16.9. The highest BCUT2D eigenvalue weighted by Crippen LogP contribution is 2.39. The van der Waals surface area contributed by atoms with Gasteiger partial charge in [0.25, 0.3) is 5.88 Å². The molecule has 1 aromatic heterocycles. The van der Waals surface area contributed by atoms with Crippen LogP contribution in [0, 0.1) is 0 Å². The minimum Gasteiger partial charge on any atom is -0.493 e. The van der Waals surface area contributed by atoms with Crippen LogP contribution < -0.4 is 24.4 Å². The van der Waals surface area contributed by atoms with Gasteiger partial charge in [0, 0.05) is 25.1 Å². The zero-order valence-corrected chi connectivity index (χ0v) is 20.7. The number of rotatable bonds is 10. The van der Waals surface area contributed by atoms with E-state index in [-0.39, 0.29) is 35.5 Å². The minimum atomic E-state index is -0.607. The highest BCUT2D eigenvalue weighted by Gasteiger charge is 2.34.